The number of hydrogen-bond donors (Lipinski definition) is 0. The van der Waals surface area contributed by atoms with Gasteiger partial charge in [-0.25, -0.2) is 4.98 Å². The highest BCUT2D eigenvalue weighted by molar-refractivity contribution is 7.22. The van der Waals surface area contributed by atoms with Gasteiger partial charge in [-0.05, 0) is 49.6 Å². The van der Waals surface area contributed by atoms with Crippen molar-refractivity contribution in [3.63, 3.8) is 0 Å². The van der Waals surface area contributed by atoms with Crippen molar-refractivity contribution in [3.05, 3.63) is 54.1 Å². The maximum absolute atomic E-state index is 13.3. The van der Waals surface area contributed by atoms with Gasteiger partial charge in [0.2, 0.25) is 5.91 Å². The summed E-state index contributed by atoms with van der Waals surface area (Å²) in [7, 11) is 0. The topological polar surface area (TPSA) is 39.7 Å². The van der Waals surface area contributed by atoms with Crippen molar-refractivity contribution in [2.45, 2.75) is 19.8 Å². The van der Waals surface area contributed by atoms with Gasteiger partial charge < -0.3 is 14.7 Å². The molecule has 1 atom stereocenters. The molecular weight excluding hydrogens is 392 g/mol. The zero-order valence-corrected chi connectivity index (χ0v) is 18.3. The quantitative estimate of drug-likeness (QED) is 0.638. The number of para-hydroxylation sites is 1. The predicted octanol–water partition coefficient (Wildman–Crippen LogP) is 4.17. The largest absolute Gasteiger partial charge is 0.368 e. The normalized spacial score (nSPS) is 20.0. The second-order valence-electron chi connectivity index (χ2n) is 8.40. The van der Waals surface area contributed by atoms with E-state index < -0.39 is 0 Å². The minimum absolute atomic E-state index is 0.0794. The molecular formula is C24H28N4OS. The summed E-state index contributed by atoms with van der Waals surface area (Å²) in [4.78, 5) is 24.9. The number of piperidine rings is 1. The third kappa shape index (κ3) is 3.88. The van der Waals surface area contributed by atoms with Crippen molar-refractivity contribution in [1.82, 2.24) is 9.88 Å². The minimum Gasteiger partial charge on any atom is -0.368 e. The number of aryl methyl sites for hydroxylation is 1. The molecule has 0 spiro atoms. The lowest BCUT2D eigenvalue weighted by Crippen LogP contribution is -2.52. The van der Waals surface area contributed by atoms with Crippen molar-refractivity contribution in [2.24, 2.45) is 5.92 Å². The molecule has 1 amide bonds. The average Bonchev–Trinajstić information content (AvgIpc) is 3.23. The van der Waals surface area contributed by atoms with Crippen LogP contribution in [0.1, 0.15) is 18.4 Å². The number of fused-ring (bicyclic) bond motifs is 1. The highest BCUT2D eigenvalue weighted by Crippen LogP contribution is 2.32. The van der Waals surface area contributed by atoms with Crippen LogP contribution in [0.3, 0.4) is 0 Å². The van der Waals surface area contributed by atoms with Gasteiger partial charge in [-0.15, -0.1) is 0 Å². The fourth-order valence-electron chi connectivity index (χ4n) is 4.59. The number of thiazole rings is 1. The Bertz CT molecular complexity index is 1030. The molecule has 1 aromatic heterocycles. The van der Waals surface area contributed by atoms with Gasteiger partial charge in [0, 0.05) is 45.0 Å². The van der Waals surface area contributed by atoms with E-state index in [9.17, 15) is 4.79 Å². The summed E-state index contributed by atoms with van der Waals surface area (Å²) in [5, 5.41) is 1.06. The van der Waals surface area contributed by atoms with Crippen molar-refractivity contribution in [3.8, 4) is 0 Å². The number of anilines is 2. The van der Waals surface area contributed by atoms with Crippen LogP contribution < -0.4 is 9.80 Å². The molecule has 2 saturated heterocycles. The Morgan fingerprint density at radius 1 is 1.00 bits per heavy atom. The second kappa shape index (κ2) is 8.26. The van der Waals surface area contributed by atoms with Gasteiger partial charge in [-0.3, -0.25) is 4.79 Å². The average molecular weight is 421 g/mol. The Morgan fingerprint density at radius 2 is 1.80 bits per heavy atom. The van der Waals surface area contributed by atoms with E-state index in [1.807, 2.05) is 6.07 Å². The molecule has 6 heteroatoms. The van der Waals surface area contributed by atoms with Gasteiger partial charge >= 0.3 is 0 Å². The van der Waals surface area contributed by atoms with Crippen molar-refractivity contribution < 1.29 is 4.79 Å². The summed E-state index contributed by atoms with van der Waals surface area (Å²) < 4.78 is 1.23. The zero-order chi connectivity index (χ0) is 20.5. The number of benzene rings is 2. The molecule has 0 saturated carbocycles. The molecule has 2 fully saturated rings. The molecule has 0 radical (unpaired) electrons. The van der Waals surface area contributed by atoms with E-state index in [0.29, 0.717) is 5.91 Å². The van der Waals surface area contributed by atoms with Gasteiger partial charge in [-0.2, -0.15) is 0 Å². The number of rotatable bonds is 3. The van der Waals surface area contributed by atoms with Crippen LogP contribution in [-0.2, 0) is 4.79 Å². The van der Waals surface area contributed by atoms with E-state index in [4.69, 9.17) is 4.98 Å². The first-order chi connectivity index (χ1) is 14.7. The molecule has 0 aliphatic carbocycles. The van der Waals surface area contributed by atoms with Crippen LogP contribution in [0, 0.1) is 12.8 Å². The molecule has 3 heterocycles. The lowest BCUT2D eigenvalue weighted by molar-refractivity contribution is -0.136. The Balaban J connectivity index is 1.23. The first kappa shape index (κ1) is 19.4. The third-order valence-electron chi connectivity index (χ3n) is 6.29. The van der Waals surface area contributed by atoms with Crippen LogP contribution in [0.4, 0.5) is 10.8 Å². The number of nitrogens with zero attached hydrogens (tertiary/aromatic N) is 4. The first-order valence-electron chi connectivity index (χ1n) is 10.9. The van der Waals surface area contributed by atoms with Crippen LogP contribution in [0.2, 0.25) is 0 Å². The number of carbonyl (C=O) groups is 1. The number of hydrogen-bond acceptors (Lipinski definition) is 5. The van der Waals surface area contributed by atoms with E-state index in [1.165, 1.54) is 16.0 Å². The maximum Gasteiger partial charge on any atom is 0.227 e. The van der Waals surface area contributed by atoms with Crippen molar-refractivity contribution in [2.75, 3.05) is 49.1 Å². The van der Waals surface area contributed by atoms with Crippen LogP contribution in [0.5, 0.6) is 0 Å². The van der Waals surface area contributed by atoms with E-state index >= 15 is 0 Å². The minimum atomic E-state index is 0.0794. The van der Waals surface area contributed by atoms with Gasteiger partial charge in [0.25, 0.3) is 0 Å². The molecule has 0 N–H and O–H groups in total. The summed E-state index contributed by atoms with van der Waals surface area (Å²) in [6.07, 6.45) is 2.04. The number of amides is 1. The van der Waals surface area contributed by atoms with E-state index in [-0.39, 0.29) is 5.92 Å². The lowest BCUT2D eigenvalue weighted by atomic mass is 9.96. The summed E-state index contributed by atoms with van der Waals surface area (Å²) >= 11 is 1.75. The molecule has 3 aromatic rings. The fraction of sp³-hybridized carbons (Fsp3) is 0.417. The molecule has 1 unspecified atom stereocenters. The molecule has 0 bridgehead atoms. The molecule has 2 aromatic carbocycles. The third-order valence-corrected chi connectivity index (χ3v) is 7.37. The van der Waals surface area contributed by atoms with Crippen LogP contribution in [0.25, 0.3) is 10.2 Å². The van der Waals surface area contributed by atoms with Crippen molar-refractivity contribution in [1.29, 1.82) is 0 Å². The van der Waals surface area contributed by atoms with Crippen LogP contribution in [-0.4, -0.2) is 55.1 Å². The van der Waals surface area contributed by atoms with Gasteiger partial charge in [0.15, 0.2) is 5.13 Å². The highest BCUT2D eigenvalue weighted by atomic mass is 32.1. The Morgan fingerprint density at radius 3 is 2.60 bits per heavy atom. The summed E-state index contributed by atoms with van der Waals surface area (Å²) in [5.74, 6) is 0.403. The van der Waals surface area contributed by atoms with E-state index in [1.54, 1.807) is 11.3 Å². The van der Waals surface area contributed by atoms with Gasteiger partial charge in [0.05, 0.1) is 16.1 Å². The second-order valence-corrected chi connectivity index (χ2v) is 9.41. The lowest BCUT2D eigenvalue weighted by Gasteiger charge is -2.39. The zero-order valence-electron chi connectivity index (χ0n) is 17.5. The van der Waals surface area contributed by atoms with Crippen LogP contribution >= 0.6 is 11.3 Å². The summed E-state index contributed by atoms with van der Waals surface area (Å²) in [6, 6.07) is 16.9. The highest BCUT2D eigenvalue weighted by Gasteiger charge is 2.32. The smallest absolute Gasteiger partial charge is 0.227 e. The van der Waals surface area contributed by atoms with Crippen molar-refractivity contribution >= 4 is 38.3 Å². The molecule has 30 heavy (non-hydrogen) atoms. The Labute approximate surface area is 181 Å². The van der Waals surface area contributed by atoms with Gasteiger partial charge in [-0.1, -0.05) is 35.6 Å². The summed E-state index contributed by atoms with van der Waals surface area (Å²) in [5.41, 5.74) is 3.57. The number of carbonyl (C=O) groups excluding carboxylic acids is 1. The SMILES string of the molecule is Cc1ccc2nc(N3CCCC(C(=O)N4CCN(c5ccccc5)CC4)C3)sc2c1. The molecule has 5 nitrogen and oxygen atoms in total. The standard InChI is InChI=1S/C24H28N4OS/c1-18-9-10-21-22(16-18)30-24(25-21)28-11-5-6-19(17-28)23(29)27-14-12-26(13-15-27)20-7-3-2-4-8-20/h2-4,7-10,16,19H,5-6,11-15,17H2,1H3. The number of piperazine rings is 1. The summed E-state index contributed by atoms with van der Waals surface area (Å²) in [6.45, 7) is 7.33. The first-order valence-corrected chi connectivity index (χ1v) is 11.7. The predicted molar refractivity (Wildman–Crippen MR) is 125 cm³/mol. The van der Waals surface area contributed by atoms with Crippen LogP contribution in [0.15, 0.2) is 48.5 Å². The Hall–Kier alpha value is -2.60. The monoisotopic (exact) mass is 420 g/mol. The van der Waals surface area contributed by atoms with E-state index in [0.717, 1.165) is 62.8 Å². The molecule has 156 valence electrons. The molecule has 5 rings (SSSR count). The maximum atomic E-state index is 13.3. The Kier molecular flexibility index (Phi) is 5.34. The molecule has 2 aliphatic rings. The molecule has 2 aliphatic heterocycles. The number of aromatic nitrogens is 1. The van der Waals surface area contributed by atoms with Gasteiger partial charge in [0.1, 0.15) is 0 Å². The fourth-order valence-corrected chi connectivity index (χ4v) is 5.69. The van der Waals surface area contributed by atoms with E-state index in [2.05, 4.69) is 64.1 Å².